The molecule has 2 fully saturated rings. The van der Waals surface area contributed by atoms with Crippen molar-refractivity contribution in [3.63, 3.8) is 0 Å². The second kappa shape index (κ2) is 2.34. The predicted molar refractivity (Wildman–Crippen MR) is 53.8 cm³/mol. The molecule has 1 heterocycles. The van der Waals surface area contributed by atoms with Gasteiger partial charge < -0.3 is 5.73 Å². The minimum absolute atomic E-state index is 0.0525. The van der Waals surface area contributed by atoms with Gasteiger partial charge in [0.2, 0.25) is 0 Å². The van der Waals surface area contributed by atoms with Crippen LogP contribution in [0.2, 0.25) is 0 Å². The largest absolute Gasteiger partial charge is 0.324 e. The van der Waals surface area contributed by atoms with Crippen LogP contribution in [0.3, 0.4) is 0 Å². The van der Waals surface area contributed by atoms with Crippen molar-refractivity contribution >= 4 is 0 Å². The third kappa shape index (κ3) is 0.960. The van der Waals surface area contributed by atoms with Crippen LogP contribution in [0.1, 0.15) is 37.1 Å². The highest BCUT2D eigenvalue weighted by molar-refractivity contribution is 5.35. The van der Waals surface area contributed by atoms with E-state index in [4.69, 9.17) is 5.73 Å². The standard InChI is InChI=1S/C11H15N3/c1-8-6-14-9(7-13-8)10(2-3-10)11(12)4-5-11/h6-7H,2-5,12H2,1H3. The van der Waals surface area contributed by atoms with Crippen molar-refractivity contribution in [3.05, 3.63) is 23.8 Å². The zero-order valence-corrected chi connectivity index (χ0v) is 8.45. The van der Waals surface area contributed by atoms with Crippen molar-refractivity contribution in [3.8, 4) is 0 Å². The van der Waals surface area contributed by atoms with Gasteiger partial charge in [0.25, 0.3) is 0 Å². The Bertz CT molecular complexity index is 361. The van der Waals surface area contributed by atoms with Gasteiger partial charge in [-0.05, 0) is 32.6 Å². The van der Waals surface area contributed by atoms with Gasteiger partial charge >= 0.3 is 0 Å². The number of rotatable bonds is 2. The number of hydrogen-bond donors (Lipinski definition) is 1. The van der Waals surface area contributed by atoms with Crippen molar-refractivity contribution in [2.75, 3.05) is 0 Å². The normalized spacial score (nSPS) is 25.9. The smallest absolute Gasteiger partial charge is 0.0666 e. The topological polar surface area (TPSA) is 51.8 Å². The molecule has 3 nitrogen and oxygen atoms in total. The Kier molecular flexibility index (Phi) is 1.40. The molecule has 14 heavy (non-hydrogen) atoms. The van der Waals surface area contributed by atoms with Gasteiger partial charge in [-0.15, -0.1) is 0 Å². The molecular formula is C11H15N3. The van der Waals surface area contributed by atoms with Crippen molar-refractivity contribution in [1.29, 1.82) is 0 Å². The third-order valence-corrected chi connectivity index (χ3v) is 3.76. The van der Waals surface area contributed by atoms with E-state index in [-0.39, 0.29) is 11.0 Å². The maximum absolute atomic E-state index is 6.29. The molecule has 3 rings (SSSR count). The van der Waals surface area contributed by atoms with E-state index in [1.807, 2.05) is 19.3 Å². The van der Waals surface area contributed by atoms with Gasteiger partial charge in [0.1, 0.15) is 0 Å². The average Bonchev–Trinajstić information content (AvgIpc) is 3.01. The summed E-state index contributed by atoms with van der Waals surface area (Å²) >= 11 is 0. The summed E-state index contributed by atoms with van der Waals surface area (Å²) in [7, 11) is 0. The molecule has 0 radical (unpaired) electrons. The third-order valence-electron chi connectivity index (χ3n) is 3.76. The first-order valence-corrected chi connectivity index (χ1v) is 5.24. The van der Waals surface area contributed by atoms with Gasteiger partial charge in [-0.1, -0.05) is 0 Å². The van der Waals surface area contributed by atoms with Gasteiger partial charge in [0, 0.05) is 23.3 Å². The molecule has 0 aliphatic heterocycles. The zero-order chi connectivity index (χ0) is 9.81. The second-order valence-electron chi connectivity index (χ2n) is 4.78. The molecule has 1 aromatic rings. The lowest BCUT2D eigenvalue weighted by Gasteiger charge is -2.21. The second-order valence-corrected chi connectivity index (χ2v) is 4.78. The highest BCUT2D eigenvalue weighted by atomic mass is 14.9. The number of aryl methyl sites for hydroxylation is 1. The predicted octanol–water partition coefficient (Wildman–Crippen LogP) is 1.31. The van der Waals surface area contributed by atoms with E-state index in [0.29, 0.717) is 0 Å². The van der Waals surface area contributed by atoms with Crippen LogP contribution in [0.5, 0.6) is 0 Å². The fourth-order valence-electron chi connectivity index (χ4n) is 2.39. The highest BCUT2D eigenvalue weighted by Crippen LogP contribution is 2.62. The van der Waals surface area contributed by atoms with Crippen molar-refractivity contribution < 1.29 is 0 Å². The van der Waals surface area contributed by atoms with Gasteiger partial charge in [0.15, 0.2) is 0 Å². The molecule has 2 N–H and O–H groups in total. The Morgan fingerprint density at radius 1 is 1.14 bits per heavy atom. The molecule has 2 saturated carbocycles. The molecular weight excluding hydrogens is 174 g/mol. The summed E-state index contributed by atoms with van der Waals surface area (Å²) in [5, 5.41) is 0. The molecule has 74 valence electrons. The maximum Gasteiger partial charge on any atom is 0.0666 e. The van der Waals surface area contributed by atoms with Crippen LogP contribution in [0.25, 0.3) is 0 Å². The van der Waals surface area contributed by atoms with Crippen LogP contribution in [0, 0.1) is 6.92 Å². The average molecular weight is 189 g/mol. The van der Waals surface area contributed by atoms with Crippen molar-refractivity contribution in [1.82, 2.24) is 9.97 Å². The summed E-state index contributed by atoms with van der Waals surface area (Å²) < 4.78 is 0. The van der Waals surface area contributed by atoms with Crippen LogP contribution < -0.4 is 5.73 Å². The SMILES string of the molecule is Cc1cnc(C2(C3(N)CC3)CC2)cn1. The minimum atomic E-state index is 0.0525. The zero-order valence-electron chi connectivity index (χ0n) is 8.45. The first kappa shape index (κ1) is 8.36. The summed E-state index contributed by atoms with van der Waals surface area (Å²) in [4.78, 5) is 8.79. The molecule has 2 aliphatic carbocycles. The van der Waals surface area contributed by atoms with E-state index in [2.05, 4.69) is 9.97 Å². The van der Waals surface area contributed by atoms with Crippen LogP contribution >= 0.6 is 0 Å². The van der Waals surface area contributed by atoms with Crippen LogP contribution in [0.4, 0.5) is 0 Å². The Hall–Kier alpha value is -0.960. The summed E-state index contributed by atoms with van der Waals surface area (Å²) in [5.41, 5.74) is 8.62. The van der Waals surface area contributed by atoms with Crippen molar-refractivity contribution in [2.45, 2.75) is 43.6 Å². The van der Waals surface area contributed by atoms with Crippen molar-refractivity contribution in [2.24, 2.45) is 5.73 Å². The fourth-order valence-corrected chi connectivity index (χ4v) is 2.39. The van der Waals surface area contributed by atoms with E-state index < -0.39 is 0 Å². The highest BCUT2D eigenvalue weighted by Gasteiger charge is 2.65. The molecule has 0 amide bonds. The first-order chi connectivity index (χ1) is 6.66. The molecule has 0 aromatic carbocycles. The van der Waals surface area contributed by atoms with E-state index in [1.54, 1.807) is 0 Å². The Labute approximate surface area is 83.8 Å². The fraction of sp³-hybridized carbons (Fsp3) is 0.636. The maximum atomic E-state index is 6.29. The lowest BCUT2D eigenvalue weighted by atomic mass is 9.91. The monoisotopic (exact) mass is 189 g/mol. The lowest BCUT2D eigenvalue weighted by molar-refractivity contribution is 0.489. The van der Waals surface area contributed by atoms with E-state index in [1.165, 1.54) is 12.8 Å². The molecule has 0 bridgehead atoms. The molecule has 3 heteroatoms. The van der Waals surface area contributed by atoms with Crippen LogP contribution in [0.15, 0.2) is 12.4 Å². The number of nitrogens with zero attached hydrogens (tertiary/aromatic N) is 2. The van der Waals surface area contributed by atoms with Gasteiger partial charge in [-0.25, -0.2) is 0 Å². The van der Waals surface area contributed by atoms with E-state index in [0.717, 1.165) is 24.2 Å². The molecule has 0 atom stereocenters. The van der Waals surface area contributed by atoms with E-state index >= 15 is 0 Å². The van der Waals surface area contributed by atoms with E-state index in [9.17, 15) is 0 Å². The molecule has 0 spiro atoms. The lowest BCUT2D eigenvalue weighted by Crippen LogP contribution is -2.37. The number of nitrogens with two attached hydrogens (primary N) is 1. The van der Waals surface area contributed by atoms with Gasteiger partial charge in [-0.3, -0.25) is 9.97 Å². The molecule has 2 aliphatic rings. The Morgan fingerprint density at radius 2 is 1.86 bits per heavy atom. The summed E-state index contributed by atoms with van der Waals surface area (Å²) in [5.74, 6) is 0. The molecule has 1 aromatic heterocycles. The summed E-state index contributed by atoms with van der Waals surface area (Å²) in [6, 6.07) is 0. The number of hydrogen-bond acceptors (Lipinski definition) is 3. The molecule has 0 saturated heterocycles. The van der Waals surface area contributed by atoms with Gasteiger partial charge in [-0.2, -0.15) is 0 Å². The Morgan fingerprint density at radius 3 is 2.29 bits per heavy atom. The summed E-state index contributed by atoms with van der Waals surface area (Å²) in [6.45, 7) is 1.96. The number of aromatic nitrogens is 2. The van der Waals surface area contributed by atoms with Crippen LogP contribution in [-0.2, 0) is 5.41 Å². The quantitative estimate of drug-likeness (QED) is 0.763. The van der Waals surface area contributed by atoms with Gasteiger partial charge in [0.05, 0.1) is 11.4 Å². The first-order valence-electron chi connectivity index (χ1n) is 5.24. The Balaban J connectivity index is 1.99. The van der Waals surface area contributed by atoms with Crippen LogP contribution in [-0.4, -0.2) is 15.5 Å². The minimum Gasteiger partial charge on any atom is -0.324 e. The summed E-state index contributed by atoms with van der Waals surface area (Å²) in [6.07, 6.45) is 8.46. The molecule has 0 unspecified atom stereocenters.